The molecule has 102 valence electrons. The molecular formula is C12H13BrClN3OS. The Morgan fingerprint density at radius 3 is 3.00 bits per heavy atom. The lowest BCUT2D eigenvalue weighted by Gasteiger charge is -2.00. The number of nitrogens with zero attached hydrogens (tertiary/aromatic N) is 2. The summed E-state index contributed by atoms with van der Waals surface area (Å²) in [6.45, 7) is 2.20. The van der Waals surface area contributed by atoms with Crippen molar-refractivity contribution in [2.75, 3.05) is 20.3 Å². The first kappa shape index (κ1) is 14.9. The summed E-state index contributed by atoms with van der Waals surface area (Å²) in [6.07, 6.45) is 0. The Labute approximate surface area is 129 Å². The summed E-state index contributed by atoms with van der Waals surface area (Å²) >= 11 is 10.9. The molecule has 1 heterocycles. The molecule has 2 rings (SSSR count). The first-order valence-electron chi connectivity index (χ1n) is 5.68. The van der Waals surface area contributed by atoms with Gasteiger partial charge in [0.05, 0.1) is 11.6 Å². The number of hydrogen-bond donors (Lipinski definition) is 1. The molecule has 0 spiro atoms. The van der Waals surface area contributed by atoms with Crippen LogP contribution in [0.5, 0.6) is 0 Å². The molecule has 0 radical (unpaired) electrons. The molecule has 0 aliphatic carbocycles. The van der Waals surface area contributed by atoms with Crippen LogP contribution in [0, 0.1) is 0 Å². The van der Waals surface area contributed by atoms with Crippen LogP contribution in [0.3, 0.4) is 0 Å². The molecule has 7 heteroatoms. The third-order valence-corrected chi connectivity index (χ3v) is 4.58. The number of nitrogens with one attached hydrogen (secondary N) is 1. The first-order valence-corrected chi connectivity index (χ1v) is 7.67. The molecule has 0 aliphatic rings. The van der Waals surface area contributed by atoms with Gasteiger partial charge in [-0.1, -0.05) is 29.0 Å². The monoisotopic (exact) mass is 361 g/mol. The van der Waals surface area contributed by atoms with Crippen molar-refractivity contribution in [1.29, 1.82) is 0 Å². The minimum absolute atomic E-state index is 0.690. The Kier molecular flexibility index (Phi) is 5.72. The highest BCUT2D eigenvalue weighted by molar-refractivity contribution is 9.10. The van der Waals surface area contributed by atoms with E-state index in [0.717, 1.165) is 26.6 Å². The lowest BCUT2D eigenvalue weighted by molar-refractivity contribution is 0.199. The van der Waals surface area contributed by atoms with Gasteiger partial charge in [-0.3, -0.25) is 0 Å². The molecule has 0 bridgehead atoms. The Bertz CT molecular complexity index is 550. The molecule has 0 saturated carbocycles. The van der Waals surface area contributed by atoms with Crippen molar-refractivity contribution in [3.8, 4) is 10.6 Å². The Hall–Kier alpha value is -0.530. The average Bonchev–Trinajstić information content (AvgIpc) is 2.87. The van der Waals surface area contributed by atoms with Crippen LogP contribution < -0.4 is 5.32 Å². The van der Waals surface area contributed by atoms with Gasteiger partial charge >= 0.3 is 0 Å². The predicted octanol–water partition coefficient (Wildman–Crippen LogP) is 3.36. The topological polar surface area (TPSA) is 47.0 Å². The summed E-state index contributed by atoms with van der Waals surface area (Å²) in [6, 6.07) is 5.74. The number of rotatable bonds is 6. The average molecular weight is 363 g/mol. The Morgan fingerprint density at radius 2 is 2.26 bits per heavy atom. The number of hydrogen-bond acceptors (Lipinski definition) is 5. The fourth-order valence-electron chi connectivity index (χ4n) is 1.44. The summed E-state index contributed by atoms with van der Waals surface area (Å²) in [5.74, 6) is 0. The second-order valence-electron chi connectivity index (χ2n) is 3.80. The van der Waals surface area contributed by atoms with Crippen molar-refractivity contribution < 1.29 is 4.74 Å². The van der Waals surface area contributed by atoms with Gasteiger partial charge < -0.3 is 10.1 Å². The minimum atomic E-state index is 0.690. The van der Waals surface area contributed by atoms with Crippen molar-refractivity contribution >= 4 is 38.9 Å². The van der Waals surface area contributed by atoms with Crippen LogP contribution in [0.1, 0.15) is 5.01 Å². The lowest BCUT2D eigenvalue weighted by Crippen LogP contribution is -2.18. The molecule has 1 aromatic carbocycles. The van der Waals surface area contributed by atoms with Crippen molar-refractivity contribution in [3.05, 3.63) is 32.7 Å². The molecule has 4 nitrogen and oxygen atoms in total. The van der Waals surface area contributed by atoms with Gasteiger partial charge in [-0.2, -0.15) is 0 Å². The first-order chi connectivity index (χ1) is 9.20. The second kappa shape index (κ2) is 7.31. The highest BCUT2D eigenvalue weighted by Crippen LogP contribution is 2.30. The zero-order chi connectivity index (χ0) is 13.7. The van der Waals surface area contributed by atoms with Crippen LogP contribution >= 0.6 is 38.9 Å². The zero-order valence-corrected chi connectivity index (χ0v) is 13.5. The van der Waals surface area contributed by atoms with Crippen LogP contribution in [-0.4, -0.2) is 30.5 Å². The van der Waals surface area contributed by atoms with E-state index in [2.05, 4.69) is 31.4 Å². The Morgan fingerprint density at radius 1 is 1.42 bits per heavy atom. The van der Waals surface area contributed by atoms with Gasteiger partial charge in [-0.05, 0) is 28.1 Å². The molecule has 0 fully saturated rings. The standard InChI is InChI=1S/C12H13BrClN3OS/c1-18-5-4-15-7-11-16-17-12(19-11)8-2-3-10(14)9(13)6-8/h2-3,6,15H,4-5,7H2,1H3. The predicted molar refractivity (Wildman–Crippen MR) is 81.6 cm³/mol. The van der Waals surface area contributed by atoms with Crippen molar-refractivity contribution in [2.45, 2.75) is 6.54 Å². The quantitative estimate of drug-likeness (QED) is 0.801. The molecule has 19 heavy (non-hydrogen) atoms. The van der Waals surface area contributed by atoms with Gasteiger partial charge in [0.25, 0.3) is 0 Å². The van der Waals surface area contributed by atoms with Crippen LogP contribution in [0.4, 0.5) is 0 Å². The van der Waals surface area contributed by atoms with Crippen LogP contribution in [0.2, 0.25) is 5.02 Å². The molecule has 0 unspecified atom stereocenters. The maximum Gasteiger partial charge on any atom is 0.147 e. The van der Waals surface area contributed by atoms with Crippen LogP contribution in [0.25, 0.3) is 10.6 Å². The number of methoxy groups -OCH3 is 1. The summed E-state index contributed by atoms with van der Waals surface area (Å²) in [5.41, 5.74) is 1.01. The third-order valence-electron chi connectivity index (χ3n) is 2.39. The minimum Gasteiger partial charge on any atom is -0.383 e. The van der Waals surface area contributed by atoms with Crippen molar-refractivity contribution in [1.82, 2.24) is 15.5 Å². The largest absolute Gasteiger partial charge is 0.383 e. The molecule has 0 amide bonds. The second-order valence-corrected chi connectivity index (χ2v) is 6.12. The van der Waals surface area contributed by atoms with Crippen LogP contribution in [0.15, 0.2) is 22.7 Å². The summed E-state index contributed by atoms with van der Waals surface area (Å²) in [5, 5.41) is 14.1. The van der Waals surface area contributed by atoms with Gasteiger partial charge in [-0.15, -0.1) is 10.2 Å². The molecule has 0 atom stereocenters. The normalized spacial score (nSPS) is 10.9. The van der Waals surface area contributed by atoms with Crippen molar-refractivity contribution in [3.63, 3.8) is 0 Å². The molecule has 0 saturated heterocycles. The molecule has 0 aliphatic heterocycles. The van der Waals surface area contributed by atoms with E-state index in [-0.39, 0.29) is 0 Å². The van der Waals surface area contributed by atoms with E-state index >= 15 is 0 Å². The van der Waals surface area contributed by atoms with Gasteiger partial charge in [0, 0.05) is 30.2 Å². The number of ether oxygens (including phenoxy) is 1. The van der Waals surface area contributed by atoms with Gasteiger partial charge in [0.15, 0.2) is 0 Å². The van der Waals surface area contributed by atoms with E-state index in [1.165, 1.54) is 0 Å². The van der Waals surface area contributed by atoms with E-state index in [4.69, 9.17) is 16.3 Å². The van der Waals surface area contributed by atoms with E-state index < -0.39 is 0 Å². The molecule has 2 aromatic rings. The maximum absolute atomic E-state index is 5.97. The highest BCUT2D eigenvalue weighted by Gasteiger charge is 2.08. The molecule has 1 N–H and O–H groups in total. The molecule has 1 aromatic heterocycles. The number of halogens is 2. The smallest absolute Gasteiger partial charge is 0.147 e. The third kappa shape index (κ3) is 4.22. The van der Waals surface area contributed by atoms with Gasteiger partial charge in [0.2, 0.25) is 0 Å². The molecular weight excluding hydrogens is 350 g/mol. The zero-order valence-electron chi connectivity index (χ0n) is 10.3. The van der Waals surface area contributed by atoms with Gasteiger partial charge in [0.1, 0.15) is 10.0 Å². The van der Waals surface area contributed by atoms with Crippen LogP contribution in [-0.2, 0) is 11.3 Å². The fourth-order valence-corrected chi connectivity index (χ4v) is 2.74. The van der Waals surface area contributed by atoms with E-state index in [9.17, 15) is 0 Å². The Balaban J connectivity index is 2.01. The highest BCUT2D eigenvalue weighted by atomic mass is 79.9. The number of benzene rings is 1. The van der Waals surface area contributed by atoms with E-state index in [1.54, 1.807) is 18.4 Å². The summed E-state index contributed by atoms with van der Waals surface area (Å²) in [4.78, 5) is 0. The van der Waals surface area contributed by atoms with Crippen molar-refractivity contribution in [2.24, 2.45) is 0 Å². The summed E-state index contributed by atoms with van der Waals surface area (Å²) < 4.78 is 5.83. The summed E-state index contributed by atoms with van der Waals surface area (Å²) in [7, 11) is 1.68. The van der Waals surface area contributed by atoms with E-state index in [0.29, 0.717) is 18.2 Å². The van der Waals surface area contributed by atoms with Gasteiger partial charge in [-0.25, -0.2) is 0 Å². The fraction of sp³-hybridized carbons (Fsp3) is 0.333. The number of aromatic nitrogens is 2. The lowest BCUT2D eigenvalue weighted by atomic mass is 10.2. The maximum atomic E-state index is 5.97. The SMILES string of the molecule is COCCNCc1nnc(-c2ccc(Cl)c(Br)c2)s1. The van der Waals surface area contributed by atoms with E-state index in [1.807, 2.05) is 18.2 Å².